The Morgan fingerprint density at radius 3 is 2.53 bits per heavy atom. The molecular formula is C11H7F3N2O. The highest BCUT2D eigenvalue weighted by molar-refractivity contribution is 6.04. The zero-order valence-electron chi connectivity index (χ0n) is 8.75. The first-order valence-corrected chi connectivity index (χ1v) is 4.72. The Labute approximate surface area is 94.3 Å². The van der Waals surface area contributed by atoms with Crippen molar-refractivity contribution in [1.29, 1.82) is 0 Å². The van der Waals surface area contributed by atoms with Gasteiger partial charge in [-0.2, -0.15) is 13.2 Å². The molecule has 1 aromatic carbocycles. The smallest absolute Gasteiger partial charge is 0.293 e. The summed E-state index contributed by atoms with van der Waals surface area (Å²) in [5.74, 6) is -0.308. The molecule has 88 valence electrons. The number of Topliss-reactive ketones (excluding diaryl/α,β-unsaturated/α-hetero) is 1. The number of carbonyl (C=O) groups excluding carboxylic acids is 1. The van der Waals surface area contributed by atoms with Gasteiger partial charge in [-0.1, -0.05) is 0 Å². The Kier molecular flexibility index (Phi) is 2.57. The number of aromatic nitrogens is 2. The van der Waals surface area contributed by atoms with Crippen LogP contribution < -0.4 is 0 Å². The Morgan fingerprint density at radius 1 is 1.24 bits per heavy atom. The standard InChI is InChI=1S/C11H7F3N2O/c1-6(17)10-8-3-2-7(11(12,13)14)4-9(8)15-5-16-10/h2-5H,1H3. The maximum Gasteiger partial charge on any atom is 0.416 e. The van der Waals surface area contributed by atoms with Crippen molar-refractivity contribution in [3.63, 3.8) is 0 Å². The van der Waals surface area contributed by atoms with Gasteiger partial charge in [-0.25, -0.2) is 9.97 Å². The number of fused-ring (bicyclic) bond motifs is 1. The van der Waals surface area contributed by atoms with E-state index in [1.54, 1.807) is 0 Å². The summed E-state index contributed by atoms with van der Waals surface area (Å²) in [6.07, 6.45) is -3.34. The minimum atomic E-state index is -4.42. The number of alkyl halides is 3. The van der Waals surface area contributed by atoms with Crippen molar-refractivity contribution in [2.75, 3.05) is 0 Å². The topological polar surface area (TPSA) is 42.9 Å². The molecule has 6 heteroatoms. The fourth-order valence-corrected chi connectivity index (χ4v) is 1.51. The summed E-state index contributed by atoms with van der Waals surface area (Å²) < 4.78 is 37.4. The lowest BCUT2D eigenvalue weighted by molar-refractivity contribution is -0.137. The van der Waals surface area contributed by atoms with Crippen molar-refractivity contribution in [3.8, 4) is 0 Å². The molecule has 1 aromatic heterocycles. The number of carbonyl (C=O) groups is 1. The highest BCUT2D eigenvalue weighted by atomic mass is 19.4. The number of hydrogen-bond acceptors (Lipinski definition) is 3. The van der Waals surface area contributed by atoms with Gasteiger partial charge in [0.15, 0.2) is 5.78 Å². The van der Waals surface area contributed by atoms with Crippen LogP contribution in [0.2, 0.25) is 0 Å². The molecule has 2 aromatic rings. The predicted octanol–water partition coefficient (Wildman–Crippen LogP) is 2.85. The van der Waals surface area contributed by atoms with E-state index in [2.05, 4.69) is 9.97 Å². The Hall–Kier alpha value is -1.98. The molecule has 0 N–H and O–H groups in total. The van der Waals surface area contributed by atoms with Crippen LogP contribution in [0, 0.1) is 0 Å². The molecule has 0 saturated heterocycles. The number of nitrogens with zero attached hydrogens (tertiary/aromatic N) is 2. The van der Waals surface area contributed by atoms with Gasteiger partial charge < -0.3 is 0 Å². The lowest BCUT2D eigenvalue weighted by Crippen LogP contribution is -2.06. The SMILES string of the molecule is CC(=O)c1ncnc2cc(C(F)(F)F)ccc12. The molecule has 0 aliphatic rings. The van der Waals surface area contributed by atoms with Crippen LogP contribution in [0.4, 0.5) is 13.2 Å². The second-order valence-electron chi connectivity index (χ2n) is 3.51. The fraction of sp³-hybridized carbons (Fsp3) is 0.182. The monoisotopic (exact) mass is 240 g/mol. The molecule has 17 heavy (non-hydrogen) atoms. The molecule has 0 radical (unpaired) electrons. The van der Waals surface area contributed by atoms with Crippen LogP contribution in [0.25, 0.3) is 10.9 Å². The molecule has 3 nitrogen and oxygen atoms in total. The largest absolute Gasteiger partial charge is 0.416 e. The molecule has 0 fully saturated rings. The third-order valence-corrected chi connectivity index (χ3v) is 2.30. The fourth-order valence-electron chi connectivity index (χ4n) is 1.51. The van der Waals surface area contributed by atoms with E-state index in [0.29, 0.717) is 5.39 Å². The average Bonchev–Trinajstić information content (AvgIpc) is 2.26. The van der Waals surface area contributed by atoms with Gasteiger partial charge in [0.05, 0.1) is 11.1 Å². The number of ketones is 1. The third kappa shape index (κ3) is 2.11. The minimum absolute atomic E-state index is 0.111. The zero-order chi connectivity index (χ0) is 12.6. The first-order valence-electron chi connectivity index (χ1n) is 4.72. The Balaban J connectivity index is 2.69. The van der Waals surface area contributed by atoms with Gasteiger partial charge in [-0.3, -0.25) is 4.79 Å². The summed E-state index contributed by atoms with van der Waals surface area (Å²) in [7, 11) is 0. The van der Waals surface area contributed by atoms with Crippen LogP contribution >= 0.6 is 0 Å². The highest BCUT2D eigenvalue weighted by Crippen LogP contribution is 2.31. The van der Waals surface area contributed by atoms with Crippen LogP contribution in [0.15, 0.2) is 24.5 Å². The van der Waals surface area contributed by atoms with Gasteiger partial charge in [-0.05, 0) is 18.2 Å². The van der Waals surface area contributed by atoms with Crippen LogP contribution in [-0.4, -0.2) is 15.8 Å². The van der Waals surface area contributed by atoms with Crippen molar-refractivity contribution >= 4 is 16.7 Å². The lowest BCUT2D eigenvalue weighted by Gasteiger charge is -2.08. The quantitative estimate of drug-likeness (QED) is 0.720. The van der Waals surface area contributed by atoms with Crippen molar-refractivity contribution in [1.82, 2.24) is 9.97 Å². The zero-order valence-corrected chi connectivity index (χ0v) is 8.75. The summed E-state index contributed by atoms with van der Waals surface area (Å²) >= 11 is 0. The Morgan fingerprint density at radius 2 is 1.94 bits per heavy atom. The van der Waals surface area contributed by atoms with Crippen LogP contribution in [0.5, 0.6) is 0 Å². The second-order valence-corrected chi connectivity index (χ2v) is 3.51. The molecule has 0 saturated carbocycles. The van der Waals surface area contributed by atoms with Gasteiger partial charge in [0.2, 0.25) is 0 Å². The summed E-state index contributed by atoms with van der Waals surface area (Å²) in [4.78, 5) is 18.7. The van der Waals surface area contributed by atoms with E-state index in [-0.39, 0.29) is 17.0 Å². The molecule has 0 unspecified atom stereocenters. The van der Waals surface area contributed by atoms with Gasteiger partial charge >= 0.3 is 6.18 Å². The van der Waals surface area contributed by atoms with Crippen molar-refractivity contribution in [2.24, 2.45) is 0 Å². The molecule has 1 heterocycles. The predicted molar refractivity (Wildman–Crippen MR) is 54.5 cm³/mol. The third-order valence-electron chi connectivity index (χ3n) is 2.30. The van der Waals surface area contributed by atoms with Crippen molar-refractivity contribution in [2.45, 2.75) is 13.1 Å². The Bertz CT molecular complexity index is 593. The summed E-state index contributed by atoms with van der Waals surface area (Å²) in [6.45, 7) is 1.31. The average molecular weight is 240 g/mol. The molecular weight excluding hydrogens is 233 g/mol. The normalized spacial score (nSPS) is 11.8. The maximum absolute atomic E-state index is 12.5. The van der Waals surface area contributed by atoms with Crippen molar-refractivity contribution in [3.05, 3.63) is 35.8 Å². The van der Waals surface area contributed by atoms with Gasteiger partial charge in [0.25, 0.3) is 0 Å². The van der Waals surface area contributed by atoms with Gasteiger partial charge in [0.1, 0.15) is 12.0 Å². The molecule has 0 spiro atoms. The molecule has 0 amide bonds. The second kappa shape index (κ2) is 3.80. The first-order chi connectivity index (χ1) is 7.89. The van der Waals surface area contributed by atoms with E-state index < -0.39 is 11.7 Å². The summed E-state index contributed by atoms with van der Waals surface area (Å²) in [5, 5.41) is 0.327. The molecule has 0 aliphatic carbocycles. The number of rotatable bonds is 1. The van der Waals surface area contributed by atoms with E-state index in [0.717, 1.165) is 18.5 Å². The van der Waals surface area contributed by atoms with E-state index in [1.165, 1.54) is 13.0 Å². The number of hydrogen-bond donors (Lipinski definition) is 0. The molecule has 0 atom stereocenters. The van der Waals surface area contributed by atoms with E-state index in [9.17, 15) is 18.0 Å². The van der Waals surface area contributed by atoms with Gasteiger partial charge in [0, 0.05) is 12.3 Å². The van der Waals surface area contributed by atoms with E-state index in [4.69, 9.17) is 0 Å². The molecule has 0 aliphatic heterocycles. The summed E-state index contributed by atoms with van der Waals surface area (Å²) in [6, 6.07) is 3.04. The van der Waals surface area contributed by atoms with Crippen molar-refractivity contribution < 1.29 is 18.0 Å². The minimum Gasteiger partial charge on any atom is -0.293 e. The van der Waals surface area contributed by atoms with E-state index >= 15 is 0 Å². The van der Waals surface area contributed by atoms with E-state index in [1.807, 2.05) is 0 Å². The van der Waals surface area contributed by atoms with Crippen LogP contribution in [0.3, 0.4) is 0 Å². The lowest BCUT2D eigenvalue weighted by atomic mass is 10.1. The molecule has 2 rings (SSSR count). The molecule has 0 bridgehead atoms. The van der Waals surface area contributed by atoms with Crippen LogP contribution in [0.1, 0.15) is 23.0 Å². The maximum atomic E-state index is 12.5. The number of halogens is 3. The highest BCUT2D eigenvalue weighted by Gasteiger charge is 2.30. The number of benzene rings is 1. The van der Waals surface area contributed by atoms with Crippen LogP contribution in [-0.2, 0) is 6.18 Å². The summed E-state index contributed by atoms with van der Waals surface area (Å²) in [5.41, 5.74) is -0.554. The first kappa shape index (κ1) is 11.5. The van der Waals surface area contributed by atoms with Gasteiger partial charge in [-0.15, -0.1) is 0 Å².